The molecule has 0 aliphatic rings. The van der Waals surface area contributed by atoms with Crippen LogP contribution in [0.15, 0.2) is 40.1 Å². The maximum absolute atomic E-state index is 14.1. The number of nitrogens with one attached hydrogen (secondary N) is 1. The van der Waals surface area contributed by atoms with Crippen molar-refractivity contribution < 1.29 is 31.1 Å². The van der Waals surface area contributed by atoms with Gasteiger partial charge in [-0.25, -0.2) is 9.97 Å². The molecular weight excluding hydrogens is 436 g/mol. The van der Waals surface area contributed by atoms with Crippen LogP contribution in [-0.4, -0.2) is 21.1 Å². The highest BCUT2D eigenvalue weighted by Crippen LogP contribution is 2.46. The predicted molar refractivity (Wildman–Crippen MR) is 86.8 cm³/mol. The summed E-state index contributed by atoms with van der Waals surface area (Å²) in [5.41, 5.74) is -3.62. The first-order chi connectivity index (χ1) is 13.0. The van der Waals surface area contributed by atoms with Crippen molar-refractivity contribution in [3.8, 4) is 23.0 Å². The number of halogens is 7. The highest BCUT2D eigenvalue weighted by molar-refractivity contribution is 6.42. The fourth-order valence-electron chi connectivity index (χ4n) is 2.01. The molecule has 0 atom stereocenters. The van der Waals surface area contributed by atoms with Crippen molar-refractivity contribution in [1.82, 2.24) is 15.0 Å². The molecule has 1 aromatic carbocycles. The maximum Gasteiger partial charge on any atom is 0.459 e. The topological polar surface area (TPSA) is 81.0 Å². The van der Waals surface area contributed by atoms with Gasteiger partial charge in [0.1, 0.15) is 17.7 Å². The number of benzene rings is 1. The lowest BCUT2D eigenvalue weighted by atomic mass is 10.2. The Morgan fingerprint density at radius 3 is 2.39 bits per heavy atom. The molecule has 1 N–H and O–H groups in total. The van der Waals surface area contributed by atoms with E-state index in [1.54, 1.807) is 0 Å². The fourth-order valence-corrected chi connectivity index (χ4v) is 2.30. The molecule has 2 heterocycles. The Balaban J connectivity index is 2.20. The van der Waals surface area contributed by atoms with E-state index in [2.05, 4.69) is 14.4 Å². The maximum atomic E-state index is 14.1. The molecular formula is C15H6Cl2F5N3O3. The van der Waals surface area contributed by atoms with Gasteiger partial charge in [0.15, 0.2) is 17.9 Å². The van der Waals surface area contributed by atoms with Gasteiger partial charge in [0.2, 0.25) is 5.75 Å². The van der Waals surface area contributed by atoms with Crippen LogP contribution in [-0.2, 0) is 5.92 Å². The van der Waals surface area contributed by atoms with Crippen molar-refractivity contribution in [2.75, 3.05) is 0 Å². The summed E-state index contributed by atoms with van der Waals surface area (Å²) in [6.45, 7) is 0. The summed E-state index contributed by atoms with van der Waals surface area (Å²) in [7, 11) is 0. The lowest BCUT2D eigenvalue weighted by Crippen LogP contribution is -2.36. The summed E-state index contributed by atoms with van der Waals surface area (Å²) >= 11 is 11.5. The highest BCUT2D eigenvalue weighted by Gasteiger charge is 2.62. The van der Waals surface area contributed by atoms with Gasteiger partial charge in [-0.2, -0.15) is 22.0 Å². The van der Waals surface area contributed by atoms with E-state index in [0.29, 0.717) is 0 Å². The summed E-state index contributed by atoms with van der Waals surface area (Å²) in [6.07, 6.45) is -4.28. The Bertz CT molecular complexity index is 1070. The van der Waals surface area contributed by atoms with Crippen LogP contribution in [0.25, 0.3) is 11.5 Å². The summed E-state index contributed by atoms with van der Waals surface area (Å²) in [4.78, 5) is 21.0. The highest BCUT2D eigenvalue weighted by atomic mass is 35.5. The molecule has 0 saturated heterocycles. The number of H-pyrrole nitrogens is 1. The Morgan fingerprint density at radius 2 is 1.82 bits per heavy atom. The van der Waals surface area contributed by atoms with Crippen LogP contribution >= 0.6 is 23.2 Å². The van der Waals surface area contributed by atoms with Gasteiger partial charge >= 0.3 is 12.1 Å². The molecule has 0 spiro atoms. The van der Waals surface area contributed by atoms with E-state index in [1.165, 1.54) is 6.07 Å². The van der Waals surface area contributed by atoms with Gasteiger partial charge < -0.3 is 14.1 Å². The third kappa shape index (κ3) is 3.67. The molecule has 0 aliphatic carbocycles. The van der Waals surface area contributed by atoms with Crippen LogP contribution in [0, 0.1) is 0 Å². The molecule has 0 bridgehead atoms. The minimum Gasteiger partial charge on any atom is -0.451 e. The van der Waals surface area contributed by atoms with Crippen molar-refractivity contribution in [3.05, 3.63) is 56.9 Å². The molecule has 0 radical (unpaired) electrons. The lowest BCUT2D eigenvalue weighted by molar-refractivity contribution is -0.291. The van der Waals surface area contributed by atoms with Crippen LogP contribution < -0.4 is 10.3 Å². The van der Waals surface area contributed by atoms with Gasteiger partial charge in [0.25, 0.3) is 5.56 Å². The first-order valence-electron chi connectivity index (χ1n) is 7.11. The molecule has 3 aromatic rings. The molecule has 13 heteroatoms. The molecule has 0 saturated carbocycles. The minimum atomic E-state index is -6.05. The zero-order valence-electron chi connectivity index (χ0n) is 13.2. The van der Waals surface area contributed by atoms with E-state index in [9.17, 15) is 26.7 Å². The molecule has 28 heavy (non-hydrogen) atoms. The SMILES string of the molecule is O=c1[nH]c(-c2cocn2)nc(C(F)(F)C(F)(F)F)c1Oc1ccc(Cl)c(Cl)c1. The second kappa shape index (κ2) is 7.06. The summed E-state index contributed by atoms with van der Waals surface area (Å²) in [5, 5.41) is -0.00446. The summed E-state index contributed by atoms with van der Waals surface area (Å²) in [5.74, 6) is -7.85. The van der Waals surface area contributed by atoms with E-state index in [-0.39, 0.29) is 21.5 Å². The van der Waals surface area contributed by atoms with Crippen LogP contribution in [0.2, 0.25) is 10.0 Å². The molecule has 148 valence electrons. The van der Waals surface area contributed by atoms with E-state index < -0.39 is 34.9 Å². The zero-order chi connectivity index (χ0) is 20.7. The van der Waals surface area contributed by atoms with Gasteiger partial charge in [0.05, 0.1) is 10.0 Å². The van der Waals surface area contributed by atoms with Crippen molar-refractivity contribution in [2.45, 2.75) is 12.1 Å². The molecule has 2 aromatic heterocycles. The van der Waals surface area contributed by atoms with Gasteiger partial charge in [-0.1, -0.05) is 23.2 Å². The normalized spacial score (nSPS) is 12.2. The first-order valence-corrected chi connectivity index (χ1v) is 7.87. The number of alkyl halides is 5. The Morgan fingerprint density at radius 1 is 1.11 bits per heavy atom. The second-order valence-corrected chi connectivity index (χ2v) is 6.03. The zero-order valence-corrected chi connectivity index (χ0v) is 14.7. The Hall–Kier alpha value is -2.66. The number of hydrogen-bond acceptors (Lipinski definition) is 5. The molecule has 3 rings (SSSR count). The Labute approximate surface area is 161 Å². The second-order valence-electron chi connectivity index (χ2n) is 5.22. The number of rotatable bonds is 4. The third-order valence-corrected chi connectivity index (χ3v) is 4.06. The van der Waals surface area contributed by atoms with E-state index in [4.69, 9.17) is 27.9 Å². The molecule has 0 amide bonds. The molecule has 0 fully saturated rings. The fraction of sp³-hybridized carbons (Fsp3) is 0.133. The number of ether oxygens (including phenoxy) is 1. The van der Waals surface area contributed by atoms with Crippen LogP contribution in [0.3, 0.4) is 0 Å². The van der Waals surface area contributed by atoms with Gasteiger partial charge in [-0.15, -0.1) is 0 Å². The predicted octanol–water partition coefficient (Wildman–Crippen LogP) is 5.18. The molecule has 0 aliphatic heterocycles. The van der Waals surface area contributed by atoms with E-state index in [1.807, 2.05) is 4.98 Å². The van der Waals surface area contributed by atoms with Crippen LogP contribution in [0.5, 0.6) is 11.5 Å². The summed E-state index contributed by atoms with van der Waals surface area (Å²) in [6, 6.07) is 3.35. The van der Waals surface area contributed by atoms with E-state index >= 15 is 0 Å². The average Bonchev–Trinajstić information content (AvgIpc) is 3.13. The van der Waals surface area contributed by atoms with Crippen LogP contribution in [0.1, 0.15) is 5.69 Å². The number of aromatic nitrogens is 3. The van der Waals surface area contributed by atoms with Gasteiger partial charge in [0, 0.05) is 6.07 Å². The number of aromatic amines is 1. The van der Waals surface area contributed by atoms with Crippen molar-refractivity contribution >= 4 is 23.2 Å². The average molecular weight is 442 g/mol. The summed E-state index contributed by atoms with van der Waals surface area (Å²) < 4.78 is 76.5. The quantitative estimate of drug-likeness (QED) is 0.564. The lowest BCUT2D eigenvalue weighted by Gasteiger charge is -2.21. The Kier molecular flexibility index (Phi) is 5.06. The van der Waals surface area contributed by atoms with Crippen molar-refractivity contribution in [1.29, 1.82) is 0 Å². The number of nitrogens with zero attached hydrogens (tertiary/aromatic N) is 2. The number of hydrogen-bond donors (Lipinski definition) is 1. The smallest absolute Gasteiger partial charge is 0.451 e. The standard InChI is InChI=1S/C15H6Cl2F5N3O3/c16-7-2-1-6(3-8(7)17)28-10-11(14(18,19)15(20,21)22)24-12(25-13(10)26)9-4-27-5-23-9/h1-5H,(H,24,25,26). The minimum absolute atomic E-state index is 0.0725. The molecule has 0 unspecified atom stereocenters. The molecule has 6 nitrogen and oxygen atoms in total. The van der Waals surface area contributed by atoms with Crippen molar-refractivity contribution in [3.63, 3.8) is 0 Å². The number of oxazole rings is 1. The van der Waals surface area contributed by atoms with Crippen molar-refractivity contribution in [2.24, 2.45) is 0 Å². The monoisotopic (exact) mass is 441 g/mol. The van der Waals surface area contributed by atoms with Gasteiger partial charge in [-0.05, 0) is 12.1 Å². The van der Waals surface area contributed by atoms with E-state index in [0.717, 1.165) is 24.8 Å². The van der Waals surface area contributed by atoms with Crippen LogP contribution in [0.4, 0.5) is 22.0 Å². The largest absolute Gasteiger partial charge is 0.459 e. The first kappa shape index (κ1) is 20.1. The van der Waals surface area contributed by atoms with Gasteiger partial charge in [-0.3, -0.25) is 4.79 Å². The third-order valence-electron chi connectivity index (χ3n) is 3.32.